The number of carbonyl (C=O) groups excluding carboxylic acids is 1. The van der Waals surface area contributed by atoms with Gasteiger partial charge in [-0.15, -0.1) is 0 Å². The number of amides is 1. The lowest BCUT2D eigenvalue weighted by atomic mass is 10.0. The number of anilines is 1. The molecule has 34 heavy (non-hydrogen) atoms. The van der Waals surface area contributed by atoms with Crippen molar-refractivity contribution >= 4 is 11.6 Å². The normalized spacial score (nSPS) is 14.7. The van der Waals surface area contributed by atoms with E-state index in [-0.39, 0.29) is 11.8 Å². The Morgan fingerprint density at radius 2 is 1.47 bits per heavy atom. The van der Waals surface area contributed by atoms with E-state index in [4.69, 9.17) is 4.84 Å². The molecule has 1 atom stereocenters. The average Bonchev–Trinajstić information content (AvgIpc) is 2.91. The monoisotopic (exact) mass is 457 g/mol. The lowest BCUT2D eigenvalue weighted by Crippen LogP contribution is -2.51. The molecule has 0 aromatic heterocycles. The van der Waals surface area contributed by atoms with Gasteiger partial charge in [-0.05, 0) is 35.2 Å². The summed E-state index contributed by atoms with van der Waals surface area (Å²) in [6.45, 7) is 6.38. The Bertz CT molecular complexity index is 1000. The molecule has 5 heteroatoms. The van der Waals surface area contributed by atoms with Crippen molar-refractivity contribution in [3.8, 4) is 11.1 Å². The molecule has 1 saturated heterocycles. The number of piperazine rings is 1. The molecular formula is C29H35N3O2. The maximum Gasteiger partial charge on any atom is 0.227 e. The second kappa shape index (κ2) is 12.4. The fourth-order valence-electron chi connectivity index (χ4n) is 4.47. The van der Waals surface area contributed by atoms with E-state index in [1.165, 1.54) is 16.8 Å². The molecule has 1 aliphatic heterocycles. The number of benzene rings is 3. The van der Waals surface area contributed by atoms with E-state index in [0.29, 0.717) is 13.2 Å². The van der Waals surface area contributed by atoms with Crippen LogP contribution in [0.15, 0.2) is 84.9 Å². The predicted molar refractivity (Wildman–Crippen MR) is 138 cm³/mol. The van der Waals surface area contributed by atoms with Crippen LogP contribution in [-0.2, 0) is 16.2 Å². The number of hydrogen-bond donors (Lipinski definition) is 1. The van der Waals surface area contributed by atoms with Crippen LogP contribution in [0, 0.1) is 5.92 Å². The molecule has 1 aliphatic rings. The van der Waals surface area contributed by atoms with Crippen LogP contribution in [0.3, 0.4) is 0 Å². The molecule has 0 aliphatic carbocycles. The van der Waals surface area contributed by atoms with Gasteiger partial charge in [0.25, 0.3) is 0 Å². The van der Waals surface area contributed by atoms with Crippen LogP contribution in [0.25, 0.3) is 11.1 Å². The van der Waals surface area contributed by atoms with E-state index in [2.05, 4.69) is 65.8 Å². The number of nitrogens with one attached hydrogen (secondary N) is 1. The Morgan fingerprint density at radius 3 is 2.12 bits per heavy atom. The lowest BCUT2D eigenvalue weighted by molar-refractivity contribution is -0.137. The molecule has 5 nitrogen and oxygen atoms in total. The second-order valence-electron chi connectivity index (χ2n) is 8.83. The summed E-state index contributed by atoms with van der Waals surface area (Å²) >= 11 is 0. The summed E-state index contributed by atoms with van der Waals surface area (Å²) in [5.41, 5.74) is 7.82. The van der Waals surface area contributed by atoms with Crippen LogP contribution in [0.1, 0.15) is 25.3 Å². The van der Waals surface area contributed by atoms with Crippen LogP contribution >= 0.6 is 0 Å². The highest BCUT2D eigenvalue weighted by Crippen LogP contribution is 2.24. The summed E-state index contributed by atoms with van der Waals surface area (Å²) < 4.78 is 0. The van der Waals surface area contributed by atoms with Gasteiger partial charge in [0.1, 0.15) is 0 Å². The molecule has 0 saturated carbocycles. The summed E-state index contributed by atoms with van der Waals surface area (Å²) in [5, 5.41) is 0. The third kappa shape index (κ3) is 6.46. The first-order valence-corrected chi connectivity index (χ1v) is 12.3. The zero-order valence-corrected chi connectivity index (χ0v) is 20.0. The highest BCUT2D eigenvalue weighted by molar-refractivity contribution is 5.79. The van der Waals surface area contributed by atoms with E-state index >= 15 is 0 Å². The quantitative estimate of drug-likeness (QED) is 0.338. The zero-order valence-electron chi connectivity index (χ0n) is 20.0. The van der Waals surface area contributed by atoms with Gasteiger partial charge in [0, 0.05) is 38.4 Å². The van der Waals surface area contributed by atoms with Crippen LogP contribution < -0.4 is 10.4 Å². The van der Waals surface area contributed by atoms with Crippen molar-refractivity contribution in [2.45, 2.75) is 26.4 Å². The largest absolute Gasteiger partial charge is 0.368 e. The topological polar surface area (TPSA) is 44.8 Å². The maximum atomic E-state index is 13.2. The molecule has 0 unspecified atom stereocenters. The van der Waals surface area contributed by atoms with Gasteiger partial charge in [-0.3, -0.25) is 9.63 Å². The van der Waals surface area contributed by atoms with Crippen molar-refractivity contribution in [1.82, 2.24) is 10.4 Å². The molecule has 1 fully saturated rings. The van der Waals surface area contributed by atoms with Gasteiger partial charge in [-0.1, -0.05) is 86.1 Å². The molecule has 1 heterocycles. The molecular weight excluding hydrogens is 422 g/mol. The number of rotatable bonds is 10. The van der Waals surface area contributed by atoms with Crippen molar-refractivity contribution < 1.29 is 9.63 Å². The third-order valence-corrected chi connectivity index (χ3v) is 6.43. The van der Waals surface area contributed by atoms with E-state index in [9.17, 15) is 4.79 Å². The molecule has 4 rings (SSSR count). The number of hydroxylamine groups is 1. The van der Waals surface area contributed by atoms with Gasteiger partial charge in [-0.2, -0.15) is 0 Å². The van der Waals surface area contributed by atoms with E-state index in [1.807, 2.05) is 41.3 Å². The molecule has 178 valence electrons. The van der Waals surface area contributed by atoms with E-state index in [0.717, 1.165) is 44.6 Å². The van der Waals surface area contributed by atoms with Gasteiger partial charge < -0.3 is 9.80 Å². The Kier molecular flexibility index (Phi) is 8.71. The van der Waals surface area contributed by atoms with Crippen molar-refractivity contribution in [2.24, 2.45) is 5.92 Å². The van der Waals surface area contributed by atoms with Crippen molar-refractivity contribution in [2.75, 3.05) is 37.6 Å². The smallest absolute Gasteiger partial charge is 0.227 e. The zero-order chi connectivity index (χ0) is 23.6. The fourth-order valence-corrected chi connectivity index (χ4v) is 4.47. The first-order chi connectivity index (χ1) is 16.7. The molecule has 0 spiro atoms. The summed E-state index contributed by atoms with van der Waals surface area (Å²) in [4.78, 5) is 23.2. The van der Waals surface area contributed by atoms with Crippen molar-refractivity contribution in [3.63, 3.8) is 0 Å². The number of nitrogens with zero attached hydrogens (tertiary/aromatic N) is 2. The van der Waals surface area contributed by atoms with Crippen LogP contribution in [0.5, 0.6) is 0 Å². The Balaban J connectivity index is 1.25. The minimum absolute atomic E-state index is 0.0579. The van der Waals surface area contributed by atoms with Gasteiger partial charge >= 0.3 is 0 Å². The SMILES string of the molecule is CCC[C@@H](CNOCc1ccccc1)C(=O)N1CCN(c2ccc(-c3ccccc3)cc2)CC1. The minimum Gasteiger partial charge on any atom is -0.368 e. The highest BCUT2D eigenvalue weighted by atomic mass is 16.6. The van der Waals surface area contributed by atoms with Crippen LogP contribution in [0.4, 0.5) is 5.69 Å². The molecule has 0 bridgehead atoms. The summed E-state index contributed by atoms with van der Waals surface area (Å²) in [7, 11) is 0. The first-order valence-electron chi connectivity index (χ1n) is 12.3. The molecule has 3 aromatic carbocycles. The van der Waals surface area contributed by atoms with Crippen molar-refractivity contribution in [3.05, 3.63) is 90.5 Å². The van der Waals surface area contributed by atoms with Crippen LogP contribution in [-0.4, -0.2) is 43.5 Å². The Labute approximate surface area is 203 Å². The van der Waals surface area contributed by atoms with E-state index < -0.39 is 0 Å². The van der Waals surface area contributed by atoms with Crippen LogP contribution in [0.2, 0.25) is 0 Å². The highest BCUT2D eigenvalue weighted by Gasteiger charge is 2.27. The molecule has 3 aromatic rings. The van der Waals surface area contributed by atoms with Crippen molar-refractivity contribution in [1.29, 1.82) is 0 Å². The van der Waals surface area contributed by atoms with Gasteiger partial charge in [-0.25, -0.2) is 5.48 Å². The summed E-state index contributed by atoms with van der Waals surface area (Å²) in [6.07, 6.45) is 1.84. The molecule has 1 amide bonds. The number of carbonyl (C=O) groups is 1. The lowest BCUT2D eigenvalue weighted by Gasteiger charge is -2.37. The van der Waals surface area contributed by atoms with Gasteiger partial charge in [0.2, 0.25) is 5.91 Å². The van der Waals surface area contributed by atoms with E-state index in [1.54, 1.807) is 0 Å². The Morgan fingerprint density at radius 1 is 0.853 bits per heavy atom. The first kappa shape index (κ1) is 24.0. The van der Waals surface area contributed by atoms with Gasteiger partial charge in [0.05, 0.1) is 12.5 Å². The van der Waals surface area contributed by atoms with Gasteiger partial charge in [0.15, 0.2) is 0 Å². The standard InChI is InChI=1S/C29H35N3O2/c1-2-9-27(22-30-34-23-24-10-5-3-6-11-24)29(33)32-20-18-31(19-21-32)28-16-14-26(15-17-28)25-12-7-4-8-13-25/h3-8,10-17,27,30H,2,9,18-23H2,1H3/t27-/m0/s1. The maximum absolute atomic E-state index is 13.2. The molecule has 1 N–H and O–H groups in total. The number of hydrogen-bond acceptors (Lipinski definition) is 4. The summed E-state index contributed by atoms with van der Waals surface area (Å²) in [5.74, 6) is 0.175. The average molecular weight is 458 g/mol. The summed E-state index contributed by atoms with van der Waals surface area (Å²) in [6, 6.07) is 29.2. The fraction of sp³-hybridized carbons (Fsp3) is 0.345. The molecule has 0 radical (unpaired) electrons. The predicted octanol–water partition coefficient (Wildman–Crippen LogP) is 5.14. The minimum atomic E-state index is -0.0579. The Hall–Kier alpha value is -3.15. The second-order valence-corrected chi connectivity index (χ2v) is 8.83. The third-order valence-electron chi connectivity index (χ3n) is 6.43.